The van der Waals surface area contributed by atoms with Crippen LogP contribution in [0.3, 0.4) is 0 Å². The maximum absolute atomic E-state index is 13.1. The number of carbonyl (C=O) groups excluding carboxylic acids is 4. The lowest BCUT2D eigenvalue weighted by atomic mass is 9.99. The van der Waals surface area contributed by atoms with Crippen LogP contribution in [0.1, 0.15) is 395 Å². The maximum atomic E-state index is 13.1. The van der Waals surface area contributed by atoms with Gasteiger partial charge in [-0.2, -0.15) is 0 Å². The van der Waals surface area contributed by atoms with E-state index in [9.17, 15) is 43.2 Å². The molecule has 0 aliphatic rings. The molecule has 3 unspecified atom stereocenters. The highest BCUT2D eigenvalue weighted by atomic mass is 31.2. The predicted molar refractivity (Wildman–Crippen MR) is 386 cm³/mol. The first-order valence-electron chi connectivity index (χ1n) is 39.5. The van der Waals surface area contributed by atoms with Gasteiger partial charge in [-0.1, -0.05) is 343 Å². The van der Waals surface area contributed by atoms with Crippen molar-refractivity contribution in [2.75, 3.05) is 39.6 Å². The molecule has 0 rings (SSSR count). The summed E-state index contributed by atoms with van der Waals surface area (Å²) >= 11 is 0. The standard InChI is InChI=1S/C76H148O17P2/c1-7-10-12-14-16-18-19-20-21-27-30-33-36-40-47-53-59-74(79)87-64-71(92-75(80)60-54-48-41-37-34-31-28-25-23-22-24-26-29-32-35-38-45-51-57-69(6)9-3)66-90-94(82,83)88-62-70(77)63-89-95(84,85)91-67-72(65-86-73(78)58-52-46-39-17-15-13-11-8-2)93-76(81)61-55-49-43-42-44-50-56-68(4)5/h68-72,77H,7-67H2,1-6H3,(H,82,83)(H,84,85)/t69?,70-,71-,72-/m1/s1. The zero-order valence-electron chi connectivity index (χ0n) is 62.0. The van der Waals surface area contributed by atoms with Crippen LogP contribution in [-0.2, 0) is 65.4 Å². The lowest BCUT2D eigenvalue weighted by Crippen LogP contribution is -2.30. The van der Waals surface area contributed by atoms with E-state index < -0.39 is 97.5 Å². The highest BCUT2D eigenvalue weighted by molar-refractivity contribution is 7.47. The van der Waals surface area contributed by atoms with Crippen LogP contribution in [0, 0.1) is 11.8 Å². The molecule has 6 atom stereocenters. The van der Waals surface area contributed by atoms with Crippen molar-refractivity contribution in [2.24, 2.45) is 11.8 Å². The van der Waals surface area contributed by atoms with Gasteiger partial charge in [0.25, 0.3) is 0 Å². The number of phosphoric acid groups is 2. The molecule has 19 heteroatoms. The zero-order valence-corrected chi connectivity index (χ0v) is 63.8. The number of aliphatic hydroxyl groups excluding tert-OH is 1. The summed E-state index contributed by atoms with van der Waals surface area (Å²) in [6, 6.07) is 0. The van der Waals surface area contributed by atoms with Crippen LogP contribution >= 0.6 is 15.6 Å². The van der Waals surface area contributed by atoms with Crippen LogP contribution in [0.15, 0.2) is 0 Å². The molecule has 17 nitrogen and oxygen atoms in total. The van der Waals surface area contributed by atoms with Crippen molar-refractivity contribution in [2.45, 2.75) is 413 Å². The van der Waals surface area contributed by atoms with Gasteiger partial charge >= 0.3 is 39.5 Å². The molecule has 0 aromatic rings. The summed E-state index contributed by atoms with van der Waals surface area (Å²) in [5.74, 6) is -0.583. The van der Waals surface area contributed by atoms with Gasteiger partial charge in [0.05, 0.1) is 26.4 Å². The second-order valence-electron chi connectivity index (χ2n) is 28.1. The minimum Gasteiger partial charge on any atom is -0.462 e. The fourth-order valence-corrected chi connectivity index (χ4v) is 13.2. The minimum absolute atomic E-state index is 0.102. The van der Waals surface area contributed by atoms with E-state index in [1.807, 2.05) is 0 Å². The van der Waals surface area contributed by atoms with Gasteiger partial charge in [-0.3, -0.25) is 37.3 Å². The first-order chi connectivity index (χ1) is 45.9. The van der Waals surface area contributed by atoms with Crippen LogP contribution in [0.25, 0.3) is 0 Å². The number of phosphoric ester groups is 2. The quantitative estimate of drug-likeness (QED) is 0.0222. The van der Waals surface area contributed by atoms with Crippen LogP contribution in [0.4, 0.5) is 0 Å². The van der Waals surface area contributed by atoms with Crippen LogP contribution in [0.2, 0.25) is 0 Å². The van der Waals surface area contributed by atoms with Crippen molar-refractivity contribution in [1.29, 1.82) is 0 Å². The highest BCUT2D eigenvalue weighted by Crippen LogP contribution is 2.45. The number of aliphatic hydroxyl groups is 1. The minimum atomic E-state index is -4.96. The topological polar surface area (TPSA) is 237 Å². The van der Waals surface area contributed by atoms with E-state index in [0.29, 0.717) is 31.6 Å². The first-order valence-corrected chi connectivity index (χ1v) is 42.5. The molecule has 0 bridgehead atoms. The SMILES string of the molecule is CCCCCCCCCCCCCCCCCCC(=O)OC[C@H](COP(=O)(O)OC[C@@H](O)COP(=O)(O)OC[C@@H](COC(=O)CCCCCCCCCC)OC(=O)CCCCCCCCC(C)C)OC(=O)CCCCCCCCCCCCCCCCCCCCC(C)CC. The second-order valence-corrected chi connectivity index (χ2v) is 31.0. The predicted octanol–water partition coefficient (Wildman–Crippen LogP) is 22.3. The molecular weight excluding hydrogens is 1250 g/mol. The molecule has 564 valence electrons. The lowest BCUT2D eigenvalue weighted by Gasteiger charge is -2.21. The molecule has 0 spiro atoms. The number of ether oxygens (including phenoxy) is 4. The number of hydrogen-bond acceptors (Lipinski definition) is 15. The van der Waals surface area contributed by atoms with E-state index in [-0.39, 0.29) is 25.7 Å². The lowest BCUT2D eigenvalue weighted by molar-refractivity contribution is -0.161. The van der Waals surface area contributed by atoms with Gasteiger partial charge in [0.15, 0.2) is 12.2 Å². The third-order valence-corrected chi connectivity index (χ3v) is 20.0. The number of rotatable bonds is 75. The summed E-state index contributed by atoms with van der Waals surface area (Å²) in [6.45, 7) is 9.54. The second kappa shape index (κ2) is 67.9. The highest BCUT2D eigenvalue weighted by Gasteiger charge is 2.30. The van der Waals surface area contributed by atoms with Crippen LogP contribution in [-0.4, -0.2) is 96.7 Å². The third kappa shape index (κ3) is 69.0. The van der Waals surface area contributed by atoms with E-state index in [1.54, 1.807) is 0 Å². The molecule has 0 saturated heterocycles. The van der Waals surface area contributed by atoms with Gasteiger partial charge in [0, 0.05) is 25.7 Å². The van der Waals surface area contributed by atoms with Gasteiger partial charge in [-0.05, 0) is 37.5 Å². The molecule has 0 heterocycles. The van der Waals surface area contributed by atoms with E-state index in [0.717, 1.165) is 102 Å². The van der Waals surface area contributed by atoms with Crippen LogP contribution < -0.4 is 0 Å². The fourth-order valence-electron chi connectivity index (χ4n) is 11.6. The van der Waals surface area contributed by atoms with E-state index >= 15 is 0 Å². The largest absolute Gasteiger partial charge is 0.472 e. The van der Waals surface area contributed by atoms with E-state index in [2.05, 4.69) is 41.5 Å². The maximum Gasteiger partial charge on any atom is 0.472 e. The van der Waals surface area contributed by atoms with E-state index in [1.165, 1.54) is 205 Å². The number of esters is 4. The average molecular weight is 1400 g/mol. The van der Waals surface area contributed by atoms with Crippen molar-refractivity contribution in [3.63, 3.8) is 0 Å². The van der Waals surface area contributed by atoms with Gasteiger partial charge in [-0.25, -0.2) is 9.13 Å². The van der Waals surface area contributed by atoms with Gasteiger partial charge in [0.1, 0.15) is 19.3 Å². The Kier molecular flexibility index (Phi) is 66.5. The van der Waals surface area contributed by atoms with E-state index in [4.69, 9.17) is 37.0 Å². The Bertz CT molecular complexity index is 1840. The molecule has 0 fully saturated rings. The molecule has 0 aliphatic heterocycles. The molecule has 0 radical (unpaired) electrons. The Morgan fingerprint density at radius 2 is 0.537 bits per heavy atom. The Morgan fingerprint density at radius 1 is 0.305 bits per heavy atom. The monoisotopic (exact) mass is 1400 g/mol. The van der Waals surface area contributed by atoms with Crippen LogP contribution in [0.5, 0.6) is 0 Å². The van der Waals surface area contributed by atoms with Crippen molar-refractivity contribution in [3.05, 3.63) is 0 Å². The Morgan fingerprint density at radius 3 is 0.800 bits per heavy atom. The molecule has 3 N–H and O–H groups in total. The number of hydrogen-bond donors (Lipinski definition) is 3. The fraction of sp³-hybridized carbons (Fsp3) is 0.947. The Balaban J connectivity index is 5.15. The molecular formula is C76H148O17P2. The zero-order chi connectivity index (χ0) is 70.0. The molecule has 0 aromatic carbocycles. The summed E-state index contributed by atoms with van der Waals surface area (Å²) in [7, 11) is -9.90. The van der Waals surface area contributed by atoms with Crippen molar-refractivity contribution >= 4 is 39.5 Å². The van der Waals surface area contributed by atoms with Gasteiger partial charge < -0.3 is 33.8 Å². The van der Waals surface area contributed by atoms with Crippen molar-refractivity contribution in [1.82, 2.24) is 0 Å². The average Bonchev–Trinajstić information content (AvgIpc) is 1.81. The Labute approximate surface area is 581 Å². The Hall–Kier alpha value is -1.94. The molecule has 0 aliphatic carbocycles. The smallest absolute Gasteiger partial charge is 0.462 e. The first kappa shape index (κ1) is 93.1. The summed E-state index contributed by atoms with van der Waals surface area (Å²) in [6.07, 6.45) is 55.8. The summed E-state index contributed by atoms with van der Waals surface area (Å²) < 4.78 is 68.4. The third-order valence-electron chi connectivity index (χ3n) is 18.1. The normalized spacial score (nSPS) is 14.3. The van der Waals surface area contributed by atoms with Crippen molar-refractivity contribution in [3.8, 4) is 0 Å². The molecule has 95 heavy (non-hydrogen) atoms. The summed E-state index contributed by atoms with van der Waals surface area (Å²) in [4.78, 5) is 72.6. The van der Waals surface area contributed by atoms with Crippen molar-refractivity contribution < 1.29 is 80.2 Å². The van der Waals surface area contributed by atoms with Gasteiger partial charge in [-0.15, -0.1) is 0 Å². The molecule has 0 amide bonds. The molecule has 0 aromatic heterocycles. The summed E-state index contributed by atoms with van der Waals surface area (Å²) in [5, 5.41) is 10.6. The number of unbranched alkanes of at least 4 members (excludes halogenated alkanes) is 44. The van der Waals surface area contributed by atoms with Gasteiger partial charge in [0.2, 0.25) is 0 Å². The summed E-state index contributed by atoms with van der Waals surface area (Å²) in [5.41, 5.74) is 0. The number of carbonyl (C=O) groups is 4. The molecule has 0 saturated carbocycles.